The summed E-state index contributed by atoms with van der Waals surface area (Å²) < 4.78 is 30.8. The number of hydrogen-bond donors (Lipinski definition) is 0. The van der Waals surface area contributed by atoms with E-state index in [0.29, 0.717) is 58.1 Å². The summed E-state index contributed by atoms with van der Waals surface area (Å²) >= 11 is 0. The second-order valence-electron chi connectivity index (χ2n) is 14.9. The summed E-state index contributed by atoms with van der Waals surface area (Å²) in [6, 6.07) is 9.15. The number of amides is 2. The summed E-state index contributed by atoms with van der Waals surface area (Å²) in [5.41, 5.74) is 2.82. The van der Waals surface area contributed by atoms with Gasteiger partial charge < -0.3 is 32.8 Å². The molecule has 0 atom stereocenters. The van der Waals surface area contributed by atoms with Crippen molar-refractivity contribution in [3.63, 3.8) is 0 Å². The van der Waals surface area contributed by atoms with Crippen LogP contribution in [0, 0.1) is 0 Å². The van der Waals surface area contributed by atoms with E-state index in [9.17, 15) is 19.2 Å². The summed E-state index contributed by atoms with van der Waals surface area (Å²) in [5, 5.41) is 0.873. The normalized spacial score (nSPS) is 12.2. The van der Waals surface area contributed by atoms with Gasteiger partial charge in [0.05, 0.1) is 43.3 Å². The number of carbonyl (C=O) groups is 4. The fraction of sp³-hybridized carbons (Fsp3) is 0.500. The summed E-state index contributed by atoms with van der Waals surface area (Å²) in [6.07, 6.45) is 2.72. The molecule has 0 spiro atoms. The van der Waals surface area contributed by atoms with Crippen LogP contribution in [-0.4, -0.2) is 86.7 Å². The van der Waals surface area contributed by atoms with Gasteiger partial charge in [0.15, 0.2) is 5.82 Å². The highest BCUT2D eigenvalue weighted by molar-refractivity contribution is 5.97. The molecule has 4 aromatic rings. The number of imidazole rings is 1. The summed E-state index contributed by atoms with van der Waals surface area (Å²) in [7, 11) is 4.75. The van der Waals surface area contributed by atoms with E-state index >= 15 is 0 Å². The van der Waals surface area contributed by atoms with E-state index in [2.05, 4.69) is 4.57 Å². The number of benzene rings is 1. The van der Waals surface area contributed by atoms with E-state index in [1.165, 1.54) is 20.3 Å². The number of unbranched alkanes of at least 4 members (excludes halogenated alkanes) is 3. The van der Waals surface area contributed by atoms with E-state index in [-0.39, 0.29) is 13.2 Å². The first-order valence-corrected chi connectivity index (χ1v) is 18.1. The van der Waals surface area contributed by atoms with Gasteiger partial charge in [0.1, 0.15) is 28.1 Å². The second kappa shape index (κ2) is 17.2. The van der Waals surface area contributed by atoms with E-state index in [1.54, 1.807) is 60.6 Å². The molecule has 292 valence electrons. The van der Waals surface area contributed by atoms with Crippen LogP contribution in [-0.2, 0) is 37.3 Å². The van der Waals surface area contributed by atoms with E-state index in [0.717, 1.165) is 35.2 Å². The van der Waals surface area contributed by atoms with E-state index < -0.39 is 35.3 Å². The molecule has 0 aliphatic carbocycles. The molecule has 0 fully saturated rings. The summed E-state index contributed by atoms with van der Waals surface area (Å²) in [5.74, 6) is 0.169. The topological polar surface area (TPSA) is 153 Å². The lowest BCUT2D eigenvalue weighted by molar-refractivity contribution is -0.137. The third kappa shape index (κ3) is 10.2. The van der Waals surface area contributed by atoms with Crippen molar-refractivity contribution in [2.75, 3.05) is 27.4 Å². The van der Waals surface area contributed by atoms with Crippen molar-refractivity contribution in [1.82, 2.24) is 24.0 Å². The van der Waals surface area contributed by atoms with Gasteiger partial charge in [-0.1, -0.05) is 12.8 Å². The van der Waals surface area contributed by atoms with Gasteiger partial charge in [-0.05, 0) is 104 Å². The van der Waals surface area contributed by atoms with Crippen LogP contribution in [0.1, 0.15) is 97.1 Å². The highest BCUT2D eigenvalue weighted by Crippen LogP contribution is 2.35. The smallest absolute Gasteiger partial charge is 0.419 e. The Bertz CT molecular complexity index is 2020. The highest BCUT2D eigenvalue weighted by atomic mass is 16.6. The predicted octanol–water partition coefficient (Wildman–Crippen LogP) is 8.08. The first kappa shape index (κ1) is 41.4. The maximum atomic E-state index is 12.9. The molecule has 3 heterocycles. The number of fused-ring (bicyclic) bond motifs is 2. The maximum Gasteiger partial charge on any atom is 0.419 e. The van der Waals surface area contributed by atoms with Crippen molar-refractivity contribution >= 4 is 51.8 Å². The van der Waals surface area contributed by atoms with E-state index in [4.69, 9.17) is 33.7 Å². The number of esters is 2. The largest absolute Gasteiger partial charge is 0.494 e. The van der Waals surface area contributed by atoms with Crippen molar-refractivity contribution < 1.29 is 42.9 Å². The first-order chi connectivity index (χ1) is 25.4. The number of carbonyl (C=O) groups excluding carboxylic acids is 4. The third-order valence-corrected chi connectivity index (χ3v) is 8.31. The summed E-state index contributed by atoms with van der Waals surface area (Å²) in [6.45, 7) is 15.0. The van der Waals surface area contributed by atoms with Gasteiger partial charge in [-0.2, -0.15) is 0 Å². The quantitative estimate of drug-likeness (QED) is 0.0564. The molecule has 14 nitrogen and oxygen atoms in total. The Hall–Kier alpha value is -5.40. The number of methoxy groups -OCH3 is 2. The van der Waals surface area contributed by atoms with Gasteiger partial charge in [-0.15, -0.1) is 0 Å². The van der Waals surface area contributed by atoms with Crippen molar-refractivity contribution in [2.24, 2.45) is 7.05 Å². The third-order valence-electron chi connectivity index (χ3n) is 8.31. The number of hydrogen-bond acceptors (Lipinski definition) is 11. The maximum absolute atomic E-state index is 12.9. The fourth-order valence-corrected chi connectivity index (χ4v) is 5.91. The number of nitrogens with zero attached hydrogens (tertiary/aromatic N) is 5. The number of rotatable bonds is 13. The molecule has 0 unspecified atom stereocenters. The van der Waals surface area contributed by atoms with Crippen LogP contribution in [0.2, 0.25) is 0 Å². The van der Waals surface area contributed by atoms with Crippen molar-refractivity contribution in [2.45, 2.75) is 98.8 Å². The Morgan fingerprint density at radius 1 is 0.870 bits per heavy atom. The molecule has 0 radical (unpaired) electrons. The van der Waals surface area contributed by atoms with Gasteiger partial charge in [0.25, 0.3) is 0 Å². The van der Waals surface area contributed by atoms with E-state index in [1.807, 2.05) is 36.7 Å². The number of pyridine rings is 1. The monoisotopic (exact) mass is 747 g/mol. The molecule has 3 aromatic heterocycles. The average Bonchev–Trinajstić information content (AvgIpc) is 3.61. The van der Waals surface area contributed by atoms with Gasteiger partial charge in [-0.25, -0.2) is 34.0 Å². The molecule has 14 heteroatoms. The minimum Gasteiger partial charge on any atom is -0.494 e. The van der Waals surface area contributed by atoms with Gasteiger partial charge in [0.2, 0.25) is 0 Å². The Kier molecular flexibility index (Phi) is 13.1. The van der Waals surface area contributed by atoms with Crippen molar-refractivity contribution in [3.05, 3.63) is 47.7 Å². The Morgan fingerprint density at radius 3 is 2.11 bits per heavy atom. The van der Waals surface area contributed by atoms with Crippen LogP contribution in [0.3, 0.4) is 0 Å². The molecule has 54 heavy (non-hydrogen) atoms. The van der Waals surface area contributed by atoms with Gasteiger partial charge in [0, 0.05) is 31.6 Å². The van der Waals surface area contributed by atoms with Crippen LogP contribution < -0.4 is 4.74 Å². The Morgan fingerprint density at radius 2 is 1.52 bits per heavy atom. The van der Waals surface area contributed by atoms with Crippen LogP contribution in [0.25, 0.3) is 39.2 Å². The molecule has 0 bridgehead atoms. The molecular weight excluding hydrogens is 694 g/mol. The zero-order chi connectivity index (χ0) is 40.0. The highest BCUT2D eigenvalue weighted by Gasteiger charge is 2.31. The number of allylic oxidation sites excluding steroid dienone is 1. The second-order valence-corrected chi connectivity index (χ2v) is 14.9. The number of ether oxygens (including phenoxy) is 5. The molecule has 4 rings (SSSR count). The van der Waals surface area contributed by atoms with Crippen LogP contribution in [0.4, 0.5) is 9.59 Å². The van der Waals surface area contributed by atoms with Crippen molar-refractivity contribution in [1.29, 1.82) is 0 Å². The number of aromatic nitrogens is 4. The number of aryl methyl sites for hydroxylation is 2. The van der Waals surface area contributed by atoms with Crippen molar-refractivity contribution in [3.8, 4) is 17.3 Å². The number of imide groups is 1. The SMILES string of the molecule is CCOC(=O)/C=C(\C)c1ccc2cc(-c3nc4cc(C(=O)OC)cc(OC)c4n3C)n(CCCCCCN(C(=O)OC(C)(C)C)C(=O)OC(C)(C)C)c2n1. The minimum absolute atomic E-state index is 0.147. The average molecular weight is 748 g/mol. The fourth-order valence-electron chi connectivity index (χ4n) is 5.91. The summed E-state index contributed by atoms with van der Waals surface area (Å²) in [4.78, 5) is 61.6. The molecule has 0 N–H and O–H groups in total. The predicted molar refractivity (Wildman–Crippen MR) is 205 cm³/mol. The molecule has 0 saturated carbocycles. The molecule has 0 saturated heterocycles. The Balaban J connectivity index is 1.66. The lowest BCUT2D eigenvalue weighted by Gasteiger charge is -2.28. The van der Waals surface area contributed by atoms with Crippen LogP contribution in [0.15, 0.2) is 36.4 Å². The molecule has 2 amide bonds. The zero-order valence-corrected chi connectivity index (χ0v) is 33.3. The lowest BCUT2D eigenvalue weighted by Crippen LogP contribution is -2.44. The standard InChI is InChI=1S/C40H53N5O9/c1-12-52-32(46)21-25(2)28-18-17-26-23-30(35-42-29-22-27(36(47)51-11)24-31(50-10)33(29)43(35)9)44(34(26)41-28)19-15-13-14-16-20-45(37(48)53-39(3,4)5)38(49)54-40(6,7)8/h17-18,21-24H,12-16,19-20H2,1-11H3/b25-21+. The van der Waals surface area contributed by atoms with Gasteiger partial charge in [-0.3, -0.25) is 0 Å². The molecule has 1 aromatic carbocycles. The van der Waals surface area contributed by atoms with Crippen LogP contribution >= 0.6 is 0 Å². The van der Waals surface area contributed by atoms with Gasteiger partial charge >= 0.3 is 24.1 Å². The first-order valence-electron chi connectivity index (χ1n) is 18.1. The van der Waals surface area contributed by atoms with Crippen LogP contribution in [0.5, 0.6) is 5.75 Å². The molecule has 0 aliphatic heterocycles. The lowest BCUT2D eigenvalue weighted by atomic mass is 10.1. The minimum atomic E-state index is -0.774. The zero-order valence-electron chi connectivity index (χ0n) is 33.3. The Labute approximate surface area is 316 Å². The molecule has 0 aliphatic rings. The molecular formula is C40H53N5O9.